The summed E-state index contributed by atoms with van der Waals surface area (Å²) in [4.78, 5) is 3.82. The molecule has 0 spiro atoms. The summed E-state index contributed by atoms with van der Waals surface area (Å²) in [6.45, 7) is 0.863. The normalized spacial score (nSPS) is 19.8. The van der Waals surface area contributed by atoms with E-state index in [1.165, 1.54) is 12.8 Å². The summed E-state index contributed by atoms with van der Waals surface area (Å²) < 4.78 is 5.09. The SMILES string of the molecule is OCC1(NCc2cnco2)CCC1. The van der Waals surface area contributed by atoms with Gasteiger partial charge in [-0.2, -0.15) is 0 Å². The monoisotopic (exact) mass is 182 g/mol. The van der Waals surface area contributed by atoms with Gasteiger partial charge in [-0.25, -0.2) is 4.98 Å². The van der Waals surface area contributed by atoms with Crippen LogP contribution in [-0.2, 0) is 6.54 Å². The first kappa shape index (κ1) is 8.72. The molecule has 1 aliphatic rings. The minimum absolute atomic E-state index is 0.0488. The third-order valence-electron chi connectivity index (χ3n) is 2.73. The van der Waals surface area contributed by atoms with Crippen molar-refractivity contribution in [1.82, 2.24) is 10.3 Å². The Labute approximate surface area is 77.0 Å². The van der Waals surface area contributed by atoms with Crippen LogP contribution in [0.15, 0.2) is 17.0 Å². The van der Waals surface area contributed by atoms with Crippen molar-refractivity contribution in [3.05, 3.63) is 18.4 Å². The average Bonchev–Trinajstić information content (AvgIpc) is 2.56. The van der Waals surface area contributed by atoms with E-state index in [0.717, 1.165) is 18.6 Å². The molecule has 4 nitrogen and oxygen atoms in total. The lowest BCUT2D eigenvalue weighted by molar-refractivity contribution is 0.0853. The van der Waals surface area contributed by atoms with Gasteiger partial charge in [0.25, 0.3) is 0 Å². The Hall–Kier alpha value is -0.870. The van der Waals surface area contributed by atoms with Crippen molar-refractivity contribution in [2.24, 2.45) is 0 Å². The molecule has 2 rings (SSSR count). The molecule has 0 amide bonds. The fourth-order valence-electron chi connectivity index (χ4n) is 1.60. The molecule has 1 aromatic heterocycles. The summed E-state index contributed by atoms with van der Waals surface area (Å²) in [5.74, 6) is 0.819. The van der Waals surface area contributed by atoms with Gasteiger partial charge in [-0.15, -0.1) is 0 Å². The fourth-order valence-corrected chi connectivity index (χ4v) is 1.60. The van der Waals surface area contributed by atoms with E-state index in [4.69, 9.17) is 9.52 Å². The molecule has 1 fully saturated rings. The molecule has 1 saturated carbocycles. The second kappa shape index (κ2) is 3.47. The van der Waals surface area contributed by atoms with Crippen LogP contribution >= 0.6 is 0 Å². The smallest absolute Gasteiger partial charge is 0.180 e. The Balaban J connectivity index is 1.84. The van der Waals surface area contributed by atoms with Gasteiger partial charge in [0.2, 0.25) is 0 Å². The number of aliphatic hydroxyl groups excluding tert-OH is 1. The van der Waals surface area contributed by atoms with Gasteiger partial charge in [0.05, 0.1) is 19.3 Å². The number of hydrogen-bond acceptors (Lipinski definition) is 4. The highest BCUT2D eigenvalue weighted by atomic mass is 16.3. The van der Waals surface area contributed by atoms with Crippen molar-refractivity contribution in [1.29, 1.82) is 0 Å². The van der Waals surface area contributed by atoms with Crippen molar-refractivity contribution >= 4 is 0 Å². The van der Waals surface area contributed by atoms with Gasteiger partial charge in [-0.3, -0.25) is 0 Å². The van der Waals surface area contributed by atoms with Crippen molar-refractivity contribution in [3.63, 3.8) is 0 Å². The lowest BCUT2D eigenvalue weighted by atomic mass is 9.77. The van der Waals surface area contributed by atoms with Crippen LogP contribution < -0.4 is 5.32 Å². The van der Waals surface area contributed by atoms with Crippen LogP contribution in [0.25, 0.3) is 0 Å². The summed E-state index contributed by atoms with van der Waals surface area (Å²) in [5.41, 5.74) is -0.0488. The van der Waals surface area contributed by atoms with E-state index in [1.807, 2.05) is 0 Å². The molecular weight excluding hydrogens is 168 g/mol. The van der Waals surface area contributed by atoms with Crippen LogP contribution in [-0.4, -0.2) is 22.2 Å². The Kier molecular flexibility index (Phi) is 2.33. The maximum atomic E-state index is 9.16. The molecule has 72 valence electrons. The third kappa shape index (κ3) is 1.73. The zero-order chi connectivity index (χ0) is 9.15. The van der Waals surface area contributed by atoms with Crippen LogP contribution in [0.1, 0.15) is 25.0 Å². The summed E-state index contributed by atoms with van der Waals surface area (Å²) in [6, 6.07) is 0. The van der Waals surface area contributed by atoms with Crippen LogP contribution in [0.5, 0.6) is 0 Å². The second-order valence-electron chi connectivity index (χ2n) is 3.61. The molecule has 1 aliphatic carbocycles. The molecule has 0 aliphatic heterocycles. The van der Waals surface area contributed by atoms with Gasteiger partial charge in [0.15, 0.2) is 6.39 Å². The Morgan fingerprint density at radius 2 is 2.46 bits per heavy atom. The average molecular weight is 182 g/mol. The van der Waals surface area contributed by atoms with E-state index in [9.17, 15) is 0 Å². The summed E-state index contributed by atoms with van der Waals surface area (Å²) in [6.07, 6.45) is 6.42. The predicted molar refractivity (Wildman–Crippen MR) is 47.0 cm³/mol. The molecule has 1 heterocycles. The lowest BCUT2D eigenvalue weighted by Gasteiger charge is -2.41. The predicted octanol–water partition coefficient (Wildman–Crippen LogP) is 0.679. The highest BCUT2D eigenvalue weighted by Crippen LogP contribution is 2.31. The summed E-state index contributed by atoms with van der Waals surface area (Å²) >= 11 is 0. The highest BCUT2D eigenvalue weighted by molar-refractivity contribution is 4.98. The first-order chi connectivity index (χ1) is 6.35. The van der Waals surface area contributed by atoms with Crippen molar-refractivity contribution < 1.29 is 9.52 Å². The van der Waals surface area contributed by atoms with E-state index in [-0.39, 0.29) is 12.1 Å². The zero-order valence-electron chi connectivity index (χ0n) is 7.49. The molecule has 0 radical (unpaired) electrons. The lowest BCUT2D eigenvalue weighted by Crippen LogP contribution is -2.53. The number of rotatable bonds is 4. The topological polar surface area (TPSA) is 58.3 Å². The quantitative estimate of drug-likeness (QED) is 0.719. The minimum Gasteiger partial charge on any atom is -0.447 e. The Morgan fingerprint density at radius 1 is 1.62 bits per heavy atom. The van der Waals surface area contributed by atoms with Gasteiger partial charge in [0, 0.05) is 5.54 Å². The van der Waals surface area contributed by atoms with Gasteiger partial charge < -0.3 is 14.8 Å². The molecule has 0 atom stereocenters. The standard InChI is InChI=1S/C9H14N2O2/c12-6-9(2-1-3-9)11-5-8-4-10-7-13-8/h4,7,11-12H,1-3,5-6H2. The first-order valence-electron chi connectivity index (χ1n) is 4.58. The maximum Gasteiger partial charge on any atom is 0.180 e. The largest absolute Gasteiger partial charge is 0.447 e. The third-order valence-corrected chi connectivity index (χ3v) is 2.73. The van der Waals surface area contributed by atoms with Crippen molar-refractivity contribution in [2.75, 3.05) is 6.61 Å². The molecule has 13 heavy (non-hydrogen) atoms. The van der Waals surface area contributed by atoms with E-state index in [2.05, 4.69) is 10.3 Å². The number of oxazole rings is 1. The Morgan fingerprint density at radius 3 is 2.92 bits per heavy atom. The van der Waals surface area contributed by atoms with E-state index < -0.39 is 0 Å². The molecule has 0 unspecified atom stereocenters. The van der Waals surface area contributed by atoms with Crippen molar-refractivity contribution in [3.8, 4) is 0 Å². The number of aromatic nitrogens is 1. The van der Waals surface area contributed by atoms with Gasteiger partial charge >= 0.3 is 0 Å². The number of hydrogen-bond donors (Lipinski definition) is 2. The summed E-state index contributed by atoms with van der Waals surface area (Å²) in [7, 11) is 0. The second-order valence-corrected chi connectivity index (χ2v) is 3.61. The van der Waals surface area contributed by atoms with Crippen LogP contribution in [0, 0.1) is 0 Å². The zero-order valence-corrected chi connectivity index (χ0v) is 7.49. The van der Waals surface area contributed by atoms with Gasteiger partial charge in [0.1, 0.15) is 5.76 Å². The van der Waals surface area contributed by atoms with Crippen LogP contribution in [0.4, 0.5) is 0 Å². The fraction of sp³-hybridized carbons (Fsp3) is 0.667. The molecule has 0 saturated heterocycles. The van der Waals surface area contributed by atoms with Crippen LogP contribution in [0.2, 0.25) is 0 Å². The molecule has 2 N–H and O–H groups in total. The molecule has 0 aromatic carbocycles. The van der Waals surface area contributed by atoms with E-state index in [1.54, 1.807) is 6.20 Å². The minimum atomic E-state index is -0.0488. The molecular formula is C9H14N2O2. The molecule has 1 aromatic rings. The highest BCUT2D eigenvalue weighted by Gasteiger charge is 2.35. The van der Waals surface area contributed by atoms with Gasteiger partial charge in [-0.1, -0.05) is 0 Å². The summed E-state index contributed by atoms with van der Waals surface area (Å²) in [5, 5.41) is 12.5. The van der Waals surface area contributed by atoms with E-state index >= 15 is 0 Å². The molecule has 4 heteroatoms. The number of aliphatic hydroxyl groups is 1. The van der Waals surface area contributed by atoms with Gasteiger partial charge in [-0.05, 0) is 19.3 Å². The molecule has 0 bridgehead atoms. The number of nitrogens with zero attached hydrogens (tertiary/aromatic N) is 1. The van der Waals surface area contributed by atoms with E-state index in [0.29, 0.717) is 6.54 Å². The van der Waals surface area contributed by atoms with Crippen LogP contribution in [0.3, 0.4) is 0 Å². The number of nitrogens with one attached hydrogen (secondary N) is 1. The first-order valence-corrected chi connectivity index (χ1v) is 4.58. The maximum absolute atomic E-state index is 9.16. The van der Waals surface area contributed by atoms with Crippen molar-refractivity contribution in [2.45, 2.75) is 31.3 Å². The Bertz CT molecular complexity index is 249.